The van der Waals surface area contributed by atoms with E-state index in [0.717, 1.165) is 0 Å². The molecule has 0 aliphatic carbocycles. The Morgan fingerprint density at radius 3 is 2.25 bits per heavy atom. The molecule has 0 atom stereocenters. The number of primary amides is 1. The fraction of sp³-hybridized carbons (Fsp3) is 0. The lowest BCUT2D eigenvalue weighted by Gasteiger charge is -1.93. The van der Waals surface area contributed by atoms with Crippen molar-refractivity contribution in [2.75, 3.05) is 0 Å². The summed E-state index contributed by atoms with van der Waals surface area (Å²) in [6.45, 7) is 0. The minimum absolute atomic E-state index is 0.280. The van der Waals surface area contributed by atoms with E-state index in [-0.39, 0.29) is 4.91 Å². The van der Waals surface area contributed by atoms with Gasteiger partial charge in [-0.1, -0.05) is 0 Å². The van der Waals surface area contributed by atoms with Crippen molar-refractivity contribution < 1.29 is 13.8 Å². The van der Waals surface area contributed by atoms with E-state index in [1.807, 2.05) is 0 Å². The Balaban J connectivity index is 2.88. The molecule has 0 unspecified atom stereocenters. The molecular weight excluding hydrogens is 116 g/mol. The van der Waals surface area contributed by atoms with Crippen molar-refractivity contribution in [1.82, 2.24) is 4.91 Å². The van der Waals surface area contributed by atoms with E-state index in [1.54, 1.807) is 0 Å². The summed E-state index contributed by atoms with van der Waals surface area (Å²) >= 11 is 0. The average Bonchev–Trinajstić information content (AvgIpc) is 1.57. The van der Waals surface area contributed by atoms with Crippen molar-refractivity contribution in [2.45, 2.75) is 0 Å². The maximum atomic E-state index is 9.87. The van der Waals surface area contributed by atoms with Gasteiger partial charge >= 0.3 is 11.9 Å². The van der Waals surface area contributed by atoms with Gasteiger partial charge in [0.2, 0.25) is 0 Å². The molecule has 2 N–H and O–H groups in total. The van der Waals surface area contributed by atoms with E-state index in [2.05, 4.69) is 14.8 Å². The van der Waals surface area contributed by atoms with Gasteiger partial charge in [-0.25, -0.2) is 4.79 Å². The van der Waals surface area contributed by atoms with Crippen LogP contribution in [0.25, 0.3) is 0 Å². The molecule has 0 aliphatic rings. The molecule has 0 spiro atoms. The second kappa shape index (κ2) is 1.25. The van der Waals surface area contributed by atoms with E-state index in [1.165, 1.54) is 0 Å². The maximum absolute atomic E-state index is 9.87. The first-order chi connectivity index (χ1) is 3.70. The summed E-state index contributed by atoms with van der Waals surface area (Å²) in [5.41, 5.74) is 4.54. The number of rotatable bonds is 0. The molecule has 8 heavy (non-hydrogen) atoms. The van der Waals surface area contributed by atoms with Gasteiger partial charge in [-0.15, -0.1) is 0 Å². The summed E-state index contributed by atoms with van der Waals surface area (Å²) in [6.07, 6.45) is 0. The van der Waals surface area contributed by atoms with Crippen molar-refractivity contribution in [3.63, 3.8) is 0 Å². The highest BCUT2D eigenvalue weighted by Gasteiger charge is 2.06. The molecule has 44 valence electrons. The molecule has 1 aromatic heterocycles. The lowest BCUT2D eigenvalue weighted by molar-refractivity contribution is -0.0421. The molecule has 6 heteroatoms. The number of nitrogens with zero attached hydrogens (tertiary/aromatic N) is 1. The Kier molecular flexibility index (Phi) is 0.736. The SMILES string of the molecule is NC(=O)n1oc(=O)o1. The summed E-state index contributed by atoms with van der Waals surface area (Å²) < 4.78 is 7.80. The zero-order valence-electron chi connectivity index (χ0n) is 3.66. The van der Waals surface area contributed by atoms with Crippen molar-refractivity contribution >= 4 is 6.03 Å². The number of carbonyl (C=O) groups is 1. The van der Waals surface area contributed by atoms with Crippen LogP contribution in [0, 0.1) is 0 Å². The summed E-state index contributed by atoms with van der Waals surface area (Å²) in [4.78, 5) is 19.9. The molecular formula is C2H2N2O4. The van der Waals surface area contributed by atoms with E-state index >= 15 is 0 Å². The molecule has 0 fully saturated rings. The van der Waals surface area contributed by atoms with Crippen LogP contribution in [0.15, 0.2) is 13.8 Å². The number of amides is 1. The number of carbonyl (C=O) groups excluding carboxylic acids is 1. The third kappa shape index (κ3) is 0.512. The minimum Gasteiger partial charge on any atom is -0.346 e. The highest BCUT2D eigenvalue weighted by atomic mass is 16.8. The summed E-state index contributed by atoms with van der Waals surface area (Å²) in [5.74, 6) is -0.927. The monoisotopic (exact) mass is 118 g/mol. The van der Waals surface area contributed by atoms with E-state index in [0.29, 0.717) is 0 Å². The summed E-state index contributed by atoms with van der Waals surface area (Å²) in [6, 6.07) is -0.954. The standard InChI is InChI=1S/C2H2N2O4/c3-1(5)4-7-2(6)8-4/h(H2,3,5). The first-order valence-electron chi connectivity index (χ1n) is 1.69. The topological polar surface area (TPSA) is 91.4 Å². The Morgan fingerprint density at radius 1 is 1.62 bits per heavy atom. The fourth-order valence-electron chi connectivity index (χ4n) is 0.232. The van der Waals surface area contributed by atoms with Crippen molar-refractivity contribution in [3.05, 3.63) is 10.6 Å². The van der Waals surface area contributed by atoms with E-state index in [9.17, 15) is 9.59 Å². The van der Waals surface area contributed by atoms with Gasteiger partial charge in [-0.3, -0.25) is 9.05 Å². The molecule has 0 radical (unpaired) electrons. The number of aromatic nitrogens is 1. The zero-order valence-corrected chi connectivity index (χ0v) is 3.66. The Labute approximate surface area is 42.4 Å². The lowest BCUT2D eigenvalue weighted by atomic mass is 11.1. The zero-order chi connectivity index (χ0) is 6.15. The Morgan fingerprint density at radius 2 is 2.12 bits per heavy atom. The quantitative estimate of drug-likeness (QED) is 0.471. The van der Waals surface area contributed by atoms with Gasteiger partial charge in [0.05, 0.1) is 0 Å². The van der Waals surface area contributed by atoms with Crippen LogP contribution in [-0.4, -0.2) is 10.9 Å². The molecule has 1 heterocycles. The van der Waals surface area contributed by atoms with Gasteiger partial charge in [-0.2, -0.15) is 4.79 Å². The Hall–Kier alpha value is -1.46. The van der Waals surface area contributed by atoms with Gasteiger partial charge in [0, 0.05) is 4.91 Å². The van der Waals surface area contributed by atoms with Gasteiger partial charge < -0.3 is 5.73 Å². The third-order valence-corrected chi connectivity index (χ3v) is 0.495. The van der Waals surface area contributed by atoms with Crippen molar-refractivity contribution in [3.8, 4) is 0 Å². The third-order valence-electron chi connectivity index (χ3n) is 0.495. The van der Waals surface area contributed by atoms with Gasteiger partial charge in [0.15, 0.2) is 0 Å². The molecule has 0 saturated carbocycles. The van der Waals surface area contributed by atoms with Gasteiger partial charge in [-0.05, 0) is 0 Å². The highest BCUT2D eigenvalue weighted by Crippen LogP contribution is 1.77. The fourth-order valence-corrected chi connectivity index (χ4v) is 0.232. The first kappa shape index (κ1) is 4.69. The normalized spacial score (nSPS) is 9.50. The van der Waals surface area contributed by atoms with Crippen LogP contribution in [0.4, 0.5) is 4.79 Å². The molecule has 6 nitrogen and oxygen atoms in total. The lowest BCUT2D eigenvalue weighted by Crippen LogP contribution is -2.28. The molecule has 1 rings (SSSR count). The van der Waals surface area contributed by atoms with Crippen LogP contribution in [0.5, 0.6) is 0 Å². The molecule has 1 aromatic rings. The smallest absolute Gasteiger partial charge is 0.346 e. The summed E-state index contributed by atoms with van der Waals surface area (Å²) in [5, 5.41) is 0. The number of nitrogens with two attached hydrogens (primary N) is 1. The molecule has 0 aliphatic heterocycles. The molecule has 1 amide bonds. The molecule has 0 aromatic carbocycles. The van der Waals surface area contributed by atoms with Crippen molar-refractivity contribution in [1.29, 1.82) is 0 Å². The van der Waals surface area contributed by atoms with Crippen molar-refractivity contribution in [2.24, 2.45) is 5.73 Å². The second-order valence-electron chi connectivity index (χ2n) is 1.03. The first-order valence-corrected chi connectivity index (χ1v) is 1.69. The average molecular weight is 118 g/mol. The molecule has 0 saturated heterocycles. The second-order valence-corrected chi connectivity index (χ2v) is 1.03. The van der Waals surface area contributed by atoms with Gasteiger partial charge in [0.25, 0.3) is 0 Å². The summed E-state index contributed by atoms with van der Waals surface area (Å²) in [7, 11) is 0. The predicted molar refractivity (Wildman–Crippen MR) is 20.2 cm³/mol. The van der Waals surface area contributed by atoms with Crippen LogP contribution < -0.4 is 11.6 Å². The van der Waals surface area contributed by atoms with Crippen LogP contribution >= 0.6 is 0 Å². The number of hydrogen-bond donors (Lipinski definition) is 1. The molecule has 0 bridgehead atoms. The predicted octanol–water partition coefficient (Wildman–Crippen LogP) is -1.04. The van der Waals surface area contributed by atoms with Crippen LogP contribution in [0.2, 0.25) is 0 Å². The van der Waals surface area contributed by atoms with Crippen LogP contribution in [0.3, 0.4) is 0 Å². The van der Waals surface area contributed by atoms with Crippen LogP contribution in [-0.2, 0) is 0 Å². The van der Waals surface area contributed by atoms with Gasteiger partial charge in [0.1, 0.15) is 0 Å². The minimum atomic E-state index is -0.954. The highest BCUT2D eigenvalue weighted by molar-refractivity contribution is 5.71. The van der Waals surface area contributed by atoms with Crippen LogP contribution in [0.1, 0.15) is 0 Å². The van der Waals surface area contributed by atoms with E-state index < -0.39 is 11.9 Å². The maximum Gasteiger partial charge on any atom is 0.564 e. The number of hydrogen-bond acceptors (Lipinski definition) is 4. The Bertz CT molecular complexity index is 224. The largest absolute Gasteiger partial charge is 0.564 e. The van der Waals surface area contributed by atoms with E-state index in [4.69, 9.17) is 0 Å².